The number of imidazole rings is 1. The van der Waals surface area contributed by atoms with E-state index in [2.05, 4.69) is 4.98 Å². The average Bonchev–Trinajstić information content (AvgIpc) is 3.02. The molecule has 2 aromatic carbocycles. The fourth-order valence-corrected chi connectivity index (χ4v) is 4.66. The highest BCUT2D eigenvalue weighted by atomic mass is 35.5. The van der Waals surface area contributed by atoms with E-state index >= 15 is 0 Å². The standard InChI is InChI=1S/C18H14ClN3OS2/c1-21-9-8-20-18(21)24-11-17(23)22-13-4-2-3-5-15(13)25-16-7-6-12(19)10-14(16)22/h2-10H,11H2,1H3. The van der Waals surface area contributed by atoms with Crippen molar-refractivity contribution in [2.75, 3.05) is 10.7 Å². The van der Waals surface area contributed by atoms with E-state index in [4.69, 9.17) is 11.6 Å². The zero-order valence-corrected chi connectivity index (χ0v) is 15.7. The molecule has 4 nitrogen and oxygen atoms in total. The van der Waals surface area contributed by atoms with Gasteiger partial charge in [0.25, 0.3) is 0 Å². The molecule has 0 bridgehead atoms. The maximum Gasteiger partial charge on any atom is 0.242 e. The van der Waals surface area contributed by atoms with Crippen molar-refractivity contribution in [3.63, 3.8) is 0 Å². The summed E-state index contributed by atoms with van der Waals surface area (Å²) in [7, 11) is 1.92. The molecule has 4 rings (SSSR count). The Kier molecular flexibility index (Phi) is 4.50. The molecule has 2 heterocycles. The number of benzene rings is 2. The zero-order chi connectivity index (χ0) is 17.4. The number of carbonyl (C=O) groups is 1. The van der Waals surface area contributed by atoms with Crippen LogP contribution in [0.2, 0.25) is 5.02 Å². The van der Waals surface area contributed by atoms with Gasteiger partial charge in [-0.25, -0.2) is 4.98 Å². The molecule has 0 unspecified atom stereocenters. The van der Waals surface area contributed by atoms with Crippen molar-refractivity contribution >= 4 is 52.4 Å². The largest absolute Gasteiger partial charge is 0.329 e. The van der Waals surface area contributed by atoms with Crippen LogP contribution in [0.15, 0.2) is 69.8 Å². The summed E-state index contributed by atoms with van der Waals surface area (Å²) >= 11 is 9.27. The number of hydrogen-bond acceptors (Lipinski definition) is 4. The van der Waals surface area contributed by atoms with Crippen molar-refractivity contribution in [2.24, 2.45) is 7.05 Å². The lowest BCUT2D eigenvalue weighted by Gasteiger charge is -2.31. The number of carbonyl (C=O) groups excluding carboxylic acids is 1. The van der Waals surface area contributed by atoms with E-state index in [0.29, 0.717) is 10.8 Å². The van der Waals surface area contributed by atoms with E-state index in [1.54, 1.807) is 22.9 Å². The van der Waals surface area contributed by atoms with Crippen molar-refractivity contribution in [3.05, 3.63) is 59.9 Å². The number of thioether (sulfide) groups is 1. The van der Waals surface area contributed by atoms with Crippen molar-refractivity contribution in [1.29, 1.82) is 0 Å². The third-order valence-electron chi connectivity index (χ3n) is 3.84. The molecule has 0 fully saturated rings. The average molecular weight is 388 g/mol. The van der Waals surface area contributed by atoms with E-state index in [1.165, 1.54) is 11.8 Å². The first-order chi connectivity index (χ1) is 12.1. The molecule has 0 saturated heterocycles. The molecule has 1 aliphatic rings. The quantitative estimate of drug-likeness (QED) is 0.593. The first-order valence-corrected chi connectivity index (χ1v) is 9.81. The molecule has 0 spiro atoms. The molecule has 1 aromatic heterocycles. The van der Waals surface area contributed by atoms with Gasteiger partial charge >= 0.3 is 0 Å². The Morgan fingerprint density at radius 1 is 1.20 bits per heavy atom. The minimum atomic E-state index is 0.00395. The maximum absolute atomic E-state index is 13.1. The fourth-order valence-electron chi connectivity index (χ4n) is 2.68. The van der Waals surface area contributed by atoms with Crippen molar-refractivity contribution in [2.45, 2.75) is 14.9 Å². The predicted octanol–water partition coefficient (Wildman–Crippen LogP) is 5.00. The van der Waals surface area contributed by atoms with Crippen molar-refractivity contribution in [3.8, 4) is 0 Å². The van der Waals surface area contributed by atoms with Crippen molar-refractivity contribution in [1.82, 2.24) is 9.55 Å². The second-order valence-corrected chi connectivity index (χ2v) is 7.98. The summed E-state index contributed by atoms with van der Waals surface area (Å²) in [4.78, 5) is 21.2. The van der Waals surface area contributed by atoms with Gasteiger partial charge in [0.1, 0.15) is 0 Å². The van der Waals surface area contributed by atoms with E-state index in [9.17, 15) is 4.79 Å². The van der Waals surface area contributed by atoms with Gasteiger partial charge in [-0.2, -0.15) is 0 Å². The second-order valence-electron chi connectivity index (χ2n) is 5.52. The monoisotopic (exact) mass is 387 g/mol. The zero-order valence-electron chi connectivity index (χ0n) is 13.3. The van der Waals surface area contributed by atoms with Gasteiger partial charge in [0.05, 0.1) is 17.1 Å². The van der Waals surface area contributed by atoms with Gasteiger partial charge in [0.15, 0.2) is 5.16 Å². The highest BCUT2D eigenvalue weighted by molar-refractivity contribution is 8.00. The Morgan fingerprint density at radius 2 is 2.00 bits per heavy atom. The van der Waals surface area contributed by atoms with Crippen LogP contribution in [0.1, 0.15) is 0 Å². The van der Waals surface area contributed by atoms with Crippen LogP contribution in [0.4, 0.5) is 11.4 Å². The molecule has 126 valence electrons. The molecule has 3 aromatic rings. The van der Waals surface area contributed by atoms with Gasteiger partial charge in [-0.15, -0.1) is 0 Å². The summed E-state index contributed by atoms with van der Waals surface area (Å²) < 4.78 is 1.91. The third kappa shape index (κ3) is 3.17. The molecule has 25 heavy (non-hydrogen) atoms. The molecule has 0 aliphatic carbocycles. The number of para-hydroxylation sites is 1. The minimum Gasteiger partial charge on any atom is -0.329 e. The van der Waals surface area contributed by atoms with Crippen LogP contribution in [0.25, 0.3) is 0 Å². The van der Waals surface area contributed by atoms with Crippen LogP contribution < -0.4 is 4.90 Å². The summed E-state index contributed by atoms with van der Waals surface area (Å²) in [5.74, 6) is 0.305. The third-order valence-corrected chi connectivity index (χ3v) is 6.25. The Balaban J connectivity index is 1.69. The number of anilines is 2. The predicted molar refractivity (Wildman–Crippen MR) is 103 cm³/mol. The summed E-state index contributed by atoms with van der Waals surface area (Å²) in [6.07, 6.45) is 3.60. The fraction of sp³-hybridized carbons (Fsp3) is 0.111. The molecule has 7 heteroatoms. The second kappa shape index (κ2) is 6.78. The first kappa shape index (κ1) is 16.6. The number of aromatic nitrogens is 2. The number of rotatable bonds is 3. The molecule has 0 N–H and O–H groups in total. The molecule has 0 atom stereocenters. The van der Waals surface area contributed by atoms with Gasteiger partial charge in [-0.3, -0.25) is 9.69 Å². The lowest BCUT2D eigenvalue weighted by molar-refractivity contribution is -0.115. The van der Waals surface area contributed by atoms with Crippen LogP contribution in [-0.2, 0) is 11.8 Å². The molecule has 1 aliphatic heterocycles. The molecular weight excluding hydrogens is 374 g/mol. The molecule has 1 amide bonds. The molecule has 0 radical (unpaired) electrons. The number of nitrogens with zero attached hydrogens (tertiary/aromatic N) is 3. The smallest absolute Gasteiger partial charge is 0.242 e. The van der Waals surface area contributed by atoms with E-state index in [-0.39, 0.29) is 5.91 Å². The van der Waals surface area contributed by atoms with Gasteiger partial charge in [-0.1, -0.05) is 47.3 Å². The lowest BCUT2D eigenvalue weighted by atomic mass is 10.2. The Morgan fingerprint density at radius 3 is 2.80 bits per heavy atom. The Labute approximate surface area is 159 Å². The van der Waals surface area contributed by atoms with Crippen molar-refractivity contribution < 1.29 is 4.79 Å². The number of aryl methyl sites for hydroxylation is 1. The summed E-state index contributed by atoms with van der Waals surface area (Å²) in [5.41, 5.74) is 1.73. The number of fused-ring (bicyclic) bond motifs is 2. The SMILES string of the molecule is Cn1ccnc1SCC(=O)N1c2ccccc2Sc2ccc(Cl)cc21. The van der Waals surface area contributed by atoms with Gasteiger partial charge in [0, 0.05) is 34.3 Å². The van der Waals surface area contributed by atoms with E-state index in [1.807, 2.05) is 60.3 Å². The summed E-state index contributed by atoms with van der Waals surface area (Å²) in [6.45, 7) is 0. The van der Waals surface area contributed by atoms with Crippen LogP contribution in [0, 0.1) is 0 Å². The normalized spacial score (nSPS) is 12.6. The number of halogens is 1. The van der Waals surface area contributed by atoms with Gasteiger partial charge in [-0.05, 0) is 30.3 Å². The van der Waals surface area contributed by atoms with E-state index in [0.717, 1.165) is 26.3 Å². The van der Waals surface area contributed by atoms with Crippen LogP contribution in [0.5, 0.6) is 0 Å². The minimum absolute atomic E-state index is 0.00395. The number of amides is 1. The molecule has 0 saturated carbocycles. The highest BCUT2D eigenvalue weighted by Gasteiger charge is 2.28. The number of hydrogen-bond donors (Lipinski definition) is 0. The van der Waals surface area contributed by atoms with E-state index < -0.39 is 0 Å². The summed E-state index contributed by atoms with van der Waals surface area (Å²) in [6, 6.07) is 13.6. The lowest BCUT2D eigenvalue weighted by Crippen LogP contribution is -2.30. The van der Waals surface area contributed by atoms with Crippen LogP contribution in [-0.4, -0.2) is 21.2 Å². The molecular formula is C18H14ClN3OS2. The van der Waals surface area contributed by atoms with Gasteiger partial charge in [0.2, 0.25) is 5.91 Å². The topological polar surface area (TPSA) is 38.1 Å². The Bertz CT molecular complexity index is 957. The van der Waals surface area contributed by atoms with Crippen LogP contribution in [0.3, 0.4) is 0 Å². The van der Waals surface area contributed by atoms with Gasteiger partial charge < -0.3 is 4.57 Å². The maximum atomic E-state index is 13.1. The van der Waals surface area contributed by atoms with Crippen LogP contribution >= 0.6 is 35.1 Å². The Hall–Kier alpha value is -1.89. The highest BCUT2D eigenvalue weighted by Crippen LogP contribution is 2.48. The first-order valence-electron chi connectivity index (χ1n) is 7.63. The summed E-state index contributed by atoms with van der Waals surface area (Å²) in [5, 5.41) is 1.44.